The Balaban J connectivity index is 2.46. The van der Waals surface area contributed by atoms with E-state index in [-0.39, 0.29) is 12.3 Å². The van der Waals surface area contributed by atoms with Gasteiger partial charge in [0.2, 0.25) is 0 Å². The molecular formula is C15H18N2O2. The van der Waals surface area contributed by atoms with Crippen LogP contribution in [-0.2, 0) is 4.79 Å². The van der Waals surface area contributed by atoms with E-state index in [1.54, 1.807) is 0 Å². The standard InChI is InChI=1S/C15H18N2O2/c1-15(2,16)11(9-14(18)19)13-8-7-10-5-3-4-6-12(10)17-13/h3-8,11H,9,16H2,1-2H3,(H,18,19). The van der Waals surface area contributed by atoms with Gasteiger partial charge in [-0.15, -0.1) is 0 Å². The fourth-order valence-corrected chi connectivity index (χ4v) is 2.20. The predicted molar refractivity (Wildman–Crippen MR) is 75.0 cm³/mol. The van der Waals surface area contributed by atoms with Crippen LogP contribution in [0.3, 0.4) is 0 Å². The van der Waals surface area contributed by atoms with E-state index in [1.165, 1.54) is 0 Å². The van der Waals surface area contributed by atoms with E-state index >= 15 is 0 Å². The van der Waals surface area contributed by atoms with Crippen LogP contribution in [0.5, 0.6) is 0 Å². The zero-order valence-electron chi connectivity index (χ0n) is 11.1. The summed E-state index contributed by atoms with van der Waals surface area (Å²) < 4.78 is 0. The van der Waals surface area contributed by atoms with Gasteiger partial charge in [0.1, 0.15) is 0 Å². The highest BCUT2D eigenvalue weighted by Gasteiger charge is 2.30. The largest absolute Gasteiger partial charge is 0.481 e. The van der Waals surface area contributed by atoms with Gasteiger partial charge in [-0.05, 0) is 26.0 Å². The number of hydrogen-bond donors (Lipinski definition) is 2. The number of nitrogens with two attached hydrogens (primary N) is 1. The predicted octanol–water partition coefficient (Wildman–Crippen LogP) is 2.53. The van der Waals surface area contributed by atoms with Crippen LogP contribution >= 0.6 is 0 Å². The van der Waals surface area contributed by atoms with Crippen molar-refractivity contribution in [3.05, 3.63) is 42.1 Å². The maximum absolute atomic E-state index is 11.0. The maximum Gasteiger partial charge on any atom is 0.304 e. The van der Waals surface area contributed by atoms with E-state index in [0.29, 0.717) is 0 Å². The van der Waals surface area contributed by atoms with Gasteiger partial charge in [0.15, 0.2) is 0 Å². The van der Waals surface area contributed by atoms with Gasteiger partial charge in [-0.2, -0.15) is 0 Å². The minimum atomic E-state index is -0.863. The number of fused-ring (bicyclic) bond motifs is 1. The van der Waals surface area contributed by atoms with Crippen molar-refractivity contribution in [2.75, 3.05) is 0 Å². The normalized spacial score (nSPS) is 13.4. The number of benzene rings is 1. The van der Waals surface area contributed by atoms with Crippen LogP contribution in [0.4, 0.5) is 0 Å². The monoisotopic (exact) mass is 258 g/mol. The summed E-state index contributed by atoms with van der Waals surface area (Å²) in [5, 5.41) is 10.1. The number of rotatable bonds is 4. The van der Waals surface area contributed by atoms with Crippen molar-refractivity contribution in [1.29, 1.82) is 0 Å². The molecule has 0 radical (unpaired) electrons. The molecule has 0 amide bonds. The lowest BCUT2D eigenvalue weighted by atomic mass is 9.83. The summed E-state index contributed by atoms with van der Waals surface area (Å²) in [5.41, 5.74) is 7.06. The minimum Gasteiger partial charge on any atom is -0.481 e. The molecule has 0 saturated heterocycles. The summed E-state index contributed by atoms with van der Waals surface area (Å²) in [7, 11) is 0. The molecule has 4 heteroatoms. The Kier molecular flexibility index (Phi) is 3.53. The van der Waals surface area contributed by atoms with E-state index in [1.807, 2.05) is 50.2 Å². The Bertz CT molecular complexity index is 602. The van der Waals surface area contributed by atoms with Crippen LogP contribution in [0.15, 0.2) is 36.4 Å². The SMILES string of the molecule is CC(C)(N)C(CC(=O)O)c1ccc2ccccc2n1. The molecule has 0 saturated carbocycles. The molecule has 1 aromatic heterocycles. The highest BCUT2D eigenvalue weighted by Crippen LogP contribution is 2.29. The highest BCUT2D eigenvalue weighted by atomic mass is 16.4. The molecule has 1 aromatic carbocycles. The average molecular weight is 258 g/mol. The van der Waals surface area contributed by atoms with Gasteiger partial charge in [-0.25, -0.2) is 0 Å². The molecule has 1 atom stereocenters. The fraction of sp³-hybridized carbons (Fsp3) is 0.333. The van der Waals surface area contributed by atoms with Crippen molar-refractivity contribution in [2.45, 2.75) is 31.7 Å². The van der Waals surface area contributed by atoms with Gasteiger partial charge >= 0.3 is 5.97 Å². The third kappa shape index (κ3) is 3.09. The number of carbonyl (C=O) groups is 1. The minimum absolute atomic E-state index is 0.0190. The first kappa shape index (κ1) is 13.5. The molecule has 2 aromatic rings. The van der Waals surface area contributed by atoms with Crippen molar-refractivity contribution < 1.29 is 9.90 Å². The Morgan fingerprint density at radius 1 is 1.32 bits per heavy atom. The van der Waals surface area contributed by atoms with E-state index in [4.69, 9.17) is 10.8 Å². The number of para-hydroxylation sites is 1. The molecule has 0 fully saturated rings. The zero-order valence-corrected chi connectivity index (χ0v) is 11.1. The van der Waals surface area contributed by atoms with Crippen molar-refractivity contribution in [3.8, 4) is 0 Å². The quantitative estimate of drug-likeness (QED) is 0.883. The maximum atomic E-state index is 11.0. The number of carboxylic acids is 1. The van der Waals surface area contributed by atoms with Gasteiger partial charge in [0.05, 0.1) is 11.9 Å². The second-order valence-corrected chi connectivity index (χ2v) is 5.40. The highest BCUT2D eigenvalue weighted by molar-refractivity contribution is 5.78. The summed E-state index contributed by atoms with van der Waals surface area (Å²) in [6.45, 7) is 3.66. The van der Waals surface area contributed by atoms with Gasteiger partial charge < -0.3 is 10.8 Å². The second-order valence-electron chi connectivity index (χ2n) is 5.40. The first-order valence-electron chi connectivity index (χ1n) is 6.24. The molecule has 1 heterocycles. The molecule has 3 N–H and O–H groups in total. The number of hydrogen-bond acceptors (Lipinski definition) is 3. The van der Waals surface area contributed by atoms with E-state index in [9.17, 15) is 4.79 Å². The number of aromatic nitrogens is 1. The molecule has 0 bridgehead atoms. The summed E-state index contributed by atoms with van der Waals surface area (Å²) >= 11 is 0. The molecule has 19 heavy (non-hydrogen) atoms. The lowest BCUT2D eigenvalue weighted by Crippen LogP contribution is -2.40. The summed E-state index contributed by atoms with van der Waals surface area (Å²) in [6, 6.07) is 11.6. The average Bonchev–Trinajstić information content (AvgIpc) is 2.34. The molecule has 4 nitrogen and oxygen atoms in total. The molecule has 0 aliphatic carbocycles. The third-order valence-corrected chi connectivity index (χ3v) is 3.25. The Morgan fingerprint density at radius 3 is 2.63 bits per heavy atom. The molecule has 2 rings (SSSR count). The summed E-state index contributed by atoms with van der Waals surface area (Å²) in [4.78, 5) is 15.6. The van der Waals surface area contributed by atoms with Crippen LogP contribution in [0.25, 0.3) is 10.9 Å². The van der Waals surface area contributed by atoms with E-state index in [0.717, 1.165) is 16.6 Å². The molecule has 0 spiro atoms. The molecule has 1 unspecified atom stereocenters. The van der Waals surface area contributed by atoms with Crippen LogP contribution in [0, 0.1) is 0 Å². The number of carboxylic acid groups (broad SMARTS) is 1. The lowest BCUT2D eigenvalue weighted by Gasteiger charge is -2.29. The van der Waals surface area contributed by atoms with Gasteiger partial charge in [-0.1, -0.05) is 24.3 Å². The molecular weight excluding hydrogens is 240 g/mol. The van der Waals surface area contributed by atoms with E-state index in [2.05, 4.69) is 4.98 Å². The summed E-state index contributed by atoms with van der Waals surface area (Å²) in [6.07, 6.45) is -0.0190. The number of nitrogens with zero attached hydrogens (tertiary/aromatic N) is 1. The van der Waals surface area contributed by atoms with Gasteiger partial charge in [0, 0.05) is 22.5 Å². The van der Waals surface area contributed by atoms with Crippen molar-refractivity contribution in [3.63, 3.8) is 0 Å². The van der Waals surface area contributed by atoms with Gasteiger partial charge in [0.25, 0.3) is 0 Å². The molecule has 0 aliphatic rings. The topological polar surface area (TPSA) is 76.2 Å². The first-order chi connectivity index (χ1) is 8.88. The number of pyridine rings is 1. The number of aliphatic carboxylic acids is 1. The lowest BCUT2D eigenvalue weighted by molar-refractivity contribution is -0.137. The fourth-order valence-electron chi connectivity index (χ4n) is 2.20. The van der Waals surface area contributed by atoms with Crippen LogP contribution < -0.4 is 5.73 Å². The Morgan fingerprint density at radius 2 is 2.00 bits per heavy atom. The molecule has 0 aliphatic heterocycles. The van der Waals surface area contributed by atoms with Crippen molar-refractivity contribution in [1.82, 2.24) is 4.98 Å². The van der Waals surface area contributed by atoms with Gasteiger partial charge in [-0.3, -0.25) is 9.78 Å². The van der Waals surface area contributed by atoms with Crippen molar-refractivity contribution >= 4 is 16.9 Å². The van der Waals surface area contributed by atoms with Crippen LogP contribution in [0.2, 0.25) is 0 Å². The zero-order chi connectivity index (χ0) is 14.0. The van der Waals surface area contributed by atoms with Crippen molar-refractivity contribution in [2.24, 2.45) is 5.73 Å². The first-order valence-corrected chi connectivity index (χ1v) is 6.24. The molecule has 100 valence electrons. The Hall–Kier alpha value is -1.94. The third-order valence-electron chi connectivity index (χ3n) is 3.25. The Labute approximate surface area is 112 Å². The smallest absolute Gasteiger partial charge is 0.304 e. The van der Waals surface area contributed by atoms with E-state index < -0.39 is 11.5 Å². The second kappa shape index (κ2) is 4.97. The summed E-state index contributed by atoms with van der Waals surface area (Å²) in [5.74, 6) is -1.17. The van der Waals surface area contributed by atoms with Crippen LogP contribution in [0.1, 0.15) is 31.9 Å². The van der Waals surface area contributed by atoms with Crippen LogP contribution in [-0.4, -0.2) is 21.6 Å².